The van der Waals surface area contributed by atoms with Gasteiger partial charge in [-0.3, -0.25) is 0 Å². The van der Waals surface area contributed by atoms with Gasteiger partial charge in [0.25, 0.3) is 0 Å². The zero-order valence-corrected chi connectivity index (χ0v) is 13.6. The van der Waals surface area contributed by atoms with Crippen LogP contribution in [0.5, 0.6) is 0 Å². The van der Waals surface area contributed by atoms with Crippen molar-refractivity contribution < 1.29 is 9.26 Å². The van der Waals surface area contributed by atoms with Crippen molar-refractivity contribution in [2.75, 3.05) is 26.8 Å². The van der Waals surface area contributed by atoms with E-state index >= 15 is 0 Å². The van der Waals surface area contributed by atoms with Crippen LogP contribution >= 0.6 is 0 Å². The molecule has 4 nitrogen and oxygen atoms in total. The Bertz CT molecular complexity index is 440. The maximum absolute atomic E-state index is 5.29. The zero-order valence-electron chi connectivity index (χ0n) is 13.6. The molecule has 0 amide bonds. The quantitative estimate of drug-likeness (QED) is 0.781. The molecule has 0 spiro atoms. The molecule has 1 aromatic rings. The molecule has 1 saturated carbocycles. The summed E-state index contributed by atoms with van der Waals surface area (Å²) >= 11 is 0. The fourth-order valence-corrected chi connectivity index (χ4v) is 3.08. The number of ether oxygens (including phenoxy) is 1. The van der Waals surface area contributed by atoms with Crippen LogP contribution in [0, 0.1) is 19.8 Å². The molecular weight excluding hydrogens is 264 g/mol. The van der Waals surface area contributed by atoms with E-state index in [1.165, 1.54) is 37.7 Å². The largest absolute Gasteiger partial charge is 0.383 e. The molecule has 0 unspecified atom stereocenters. The lowest BCUT2D eigenvalue weighted by molar-refractivity contribution is 0.200. The standard InChI is InChI=1S/C17H28N2O2/c1-13-17(14(2)21-19-13)11-16(12-18-9-10-20-3)15-7-5-4-6-8-15/h11,15,18H,4-10,12H2,1-3H3. The molecule has 1 aliphatic carbocycles. The summed E-state index contributed by atoms with van der Waals surface area (Å²) in [6, 6.07) is 0. The fourth-order valence-electron chi connectivity index (χ4n) is 3.08. The maximum atomic E-state index is 5.29. The minimum absolute atomic E-state index is 0.697. The normalized spacial score (nSPS) is 17.4. The van der Waals surface area contributed by atoms with E-state index in [9.17, 15) is 0 Å². The average molecular weight is 292 g/mol. The number of nitrogens with zero attached hydrogens (tertiary/aromatic N) is 1. The second-order valence-electron chi connectivity index (χ2n) is 5.96. The van der Waals surface area contributed by atoms with Crippen LogP contribution in [0.3, 0.4) is 0 Å². The Balaban J connectivity index is 2.10. The molecule has 1 heterocycles. The smallest absolute Gasteiger partial charge is 0.141 e. The van der Waals surface area contributed by atoms with Crippen molar-refractivity contribution in [1.82, 2.24) is 10.5 Å². The summed E-state index contributed by atoms with van der Waals surface area (Å²) in [7, 11) is 1.74. The van der Waals surface area contributed by atoms with E-state index < -0.39 is 0 Å². The fraction of sp³-hybridized carbons (Fsp3) is 0.706. The van der Waals surface area contributed by atoms with E-state index in [2.05, 4.69) is 16.5 Å². The number of methoxy groups -OCH3 is 1. The first kappa shape index (κ1) is 16.2. The van der Waals surface area contributed by atoms with Crippen LogP contribution < -0.4 is 5.32 Å². The number of nitrogens with one attached hydrogen (secondary N) is 1. The highest BCUT2D eigenvalue weighted by molar-refractivity contribution is 5.57. The van der Waals surface area contributed by atoms with Gasteiger partial charge in [0, 0.05) is 25.8 Å². The molecule has 0 radical (unpaired) electrons. The van der Waals surface area contributed by atoms with Gasteiger partial charge in [-0.15, -0.1) is 0 Å². The first-order valence-electron chi connectivity index (χ1n) is 8.05. The molecule has 118 valence electrons. The van der Waals surface area contributed by atoms with E-state index in [1.807, 2.05) is 13.8 Å². The molecule has 4 heteroatoms. The molecule has 0 aromatic carbocycles. The highest BCUT2D eigenvalue weighted by atomic mass is 16.5. The lowest BCUT2D eigenvalue weighted by Crippen LogP contribution is -2.25. The van der Waals surface area contributed by atoms with Gasteiger partial charge in [-0.25, -0.2) is 0 Å². The number of aryl methyl sites for hydroxylation is 2. The number of rotatable bonds is 7. The topological polar surface area (TPSA) is 47.3 Å². The van der Waals surface area contributed by atoms with Gasteiger partial charge >= 0.3 is 0 Å². The summed E-state index contributed by atoms with van der Waals surface area (Å²) in [6.07, 6.45) is 8.99. The average Bonchev–Trinajstić information content (AvgIpc) is 2.82. The summed E-state index contributed by atoms with van der Waals surface area (Å²) < 4.78 is 10.4. The Morgan fingerprint density at radius 3 is 2.71 bits per heavy atom. The number of aromatic nitrogens is 1. The third-order valence-electron chi connectivity index (χ3n) is 4.36. The molecule has 1 N–H and O–H groups in total. The van der Waals surface area contributed by atoms with Gasteiger partial charge in [0.2, 0.25) is 0 Å². The predicted octanol–water partition coefficient (Wildman–Crippen LogP) is 3.49. The molecule has 21 heavy (non-hydrogen) atoms. The summed E-state index contributed by atoms with van der Waals surface area (Å²) in [5.41, 5.74) is 3.63. The molecule has 2 rings (SSSR count). The summed E-state index contributed by atoms with van der Waals surface area (Å²) in [5.74, 6) is 1.61. The summed E-state index contributed by atoms with van der Waals surface area (Å²) in [4.78, 5) is 0. The van der Waals surface area contributed by atoms with Crippen LogP contribution in [-0.2, 0) is 4.74 Å². The van der Waals surface area contributed by atoms with E-state index in [1.54, 1.807) is 7.11 Å². The highest BCUT2D eigenvalue weighted by Gasteiger charge is 2.19. The van der Waals surface area contributed by atoms with Crippen LogP contribution in [0.25, 0.3) is 6.08 Å². The molecule has 1 aliphatic rings. The van der Waals surface area contributed by atoms with E-state index in [0.29, 0.717) is 5.92 Å². The van der Waals surface area contributed by atoms with Gasteiger partial charge in [0.1, 0.15) is 5.76 Å². The van der Waals surface area contributed by atoms with Crippen molar-refractivity contribution in [3.05, 3.63) is 22.6 Å². The monoisotopic (exact) mass is 292 g/mol. The third kappa shape index (κ3) is 4.68. The first-order valence-corrected chi connectivity index (χ1v) is 8.05. The van der Waals surface area contributed by atoms with Crippen molar-refractivity contribution in [3.8, 4) is 0 Å². The van der Waals surface area contributed by atoms with Gasteiger partial charge in [-0.1, -0.05) is 30.0 Å². The summed E-state index contributed by atoms with van der Waals surface area (Å²) in [5, 5.41) is 7.55. The molecule has 0 saturated heterocycles. The Morgan fingerprint density at radius 2 is 2.10 bits per heavy atom. The second kappa shape index (κ2) is 8.35. The van der Waals surface area contributed by atoms with Crippen molar-refractivity contribution in [2.24, 2.45) is 5.92 Å². The van der Waals surface area contributed by atoms with E-state index in [4.69, 9.17) is 9.26 Å². The minimum atomic E-state index is 0.697. The van der Waals surface area contributed by atoms with Crippen molar-refractivity contribution in [1.29, 1.82) is 0 Å². The minimum Gasteiger partial charge on any atom is -0.383 e. The van der Waals surface area contributed by atoms with Crippen LogP contribution in [0.1, 0.15) is 49.1 Å². The molecule has 0 atom stereocenters. The SMILES string of the molecule is COCCNCC(=Cc1c(C)noc1C)C1CCCCC1. The van der Waals surface area contributed by atoms with Crippen LogP contribution in [0.15, 0.2) is 10.1 Å². The highest BCUT2D eigenvalue weighted by Crippen LogP contribution is 2.31. The third-order valence-corrected chi connectivity index (χ3v) is 4.36. The van der Waals surface area contributed by atoms with Gasteiger partial charge in [0.05, 0.1) is 12.3 Å². The Labute approximate surface area is 127 Å². The first-order chi connectivity index (χ1) is 10.2. The van der Waals surface area contributed by atoms with Gasteiger partial charge in [-0.2, -0.15) is 0 Å². The lowest BCUT2D eigenvalue weighted by atomic mass is 9.83. The molecular formula is C17H28N2O2. The van der Waals surface area contributed by atoms with E-state index in [-0.39, 0.29) is 0 Å². The van der Waals surface area contributed by atoms with Crippen molar-refractivity contribution in [3.63, 3.8) is 0 Å². The Kier molecular flexibility index (Phi) is 6.46. The van der Waals surface area contributed by atoms with Crippen molar-refractivity contribution in [2.45, 2.75) is 46.0 Å². The van der Waals surface area contributed by atoms with Crippen LogP contribution in [0.2, 0.25) is 0 Å². The zero-order chi connectivity index (χ0) is 15.1. The lowest BCUT2D eigenvalue weighted by Gasteiger charge is -2.25. The Morgan fingerprint density at radius 1 is 1.33 bits per heavy atom. The number of hydrogen-bond donors (Lipinski definition) is 1. The Hall–Kier alpha value is -1.13. The number of hydrogen-bond acceptors (Lipinski definition) is 4. The molecule has 0 bridgehead atoms. The maximum Gasteiger partial charge on any atom is 0.141 e. The van der Waals surface area contributed by atoms with Gasteiger partial charge in [-0.05, 0) is 38.7 Å². The van der Waals surface area contributed by atoms with Gasteiger partial charge in [0.15, 0.2) is 0 Å². The summed E-state index contributed by atoms with van der Waals surface area (Å²) in [6.45, 7) is 6.57. The van der Waals surface area contributed by atoms with Gasteiger partial charge < -0.3 is 14.6 Å². The molecule has 0 aliphatic heterocycles. The van der Waals surface area contributed by atoms with Crippen LogP contribution in [0.4, 0.5) is 0 Å². The van der Waals surface area contributed by atoms with Crippen molar-refractivity contribution >= 4 is 6.08 Å². The second-order valence-corrected chi connectivity index (χ2v) is 5.96. The predicted molar refractivity (Wildman–Crippen MR) is 85.3 cm³/mol. The van der Waals surface area contributed by atoms with E-state index in [0.717, 1.165) is 36.7 Å². The molecule has 1 aromatic heterocycles. The molecule has 1 fully saturated rings. The van der Waals surface area contributed by atoms with Crippen LogP contribution in [-0.4, -0.2) is 32.0 Å².